The van der Waals surface area contributed by atoms with Gasteiger partial charge in [0.1, 0.15) is 17.2 Å². The minimum Gasteiger partial charge on any atom is -0.508 e. The number of hydrogen-bond acceptors (Lipinski definition) is 4. The molecule has 0 radical (unpaired) electrons. The summed E-state index contributed by atoms with van der Waals surface area (Å²) in [6.07, 6.45) is 0. The van der Waals surface area contributed by atoms with E-state index in [0.29, 0.717) is 6.54 Å². The maximum Gasteiger partial charge on any atom is 0.257 e. The van der Waals surface area contributed by atoms with Crippen molar-refractivity contribution in [2.24, 2.45) is 0 Å². The van der Waals surface area contributed by atoms with E-state index >= 15 is 0 Å². The number of rotatable bonds is 4. The van der Waals surface area contributed by atoms with Crippen molar-refractivity contribution in [2.45, 2.75) is 6.54 Å². The predicted octanol–water partition coefficient (Wildman–Crippen LogP) is 2.38. The minimum atomic E-state index is -0.316. The van der Waals surface area contributed by atoms with Gasteiger partial charge in [0.05, 0.1) is 12.7 Å². The van der Waals surface area contributed by atoms with E-state index in [-0.39, 0.29) is 23.0 Å². The highest BCUT2D eigenvalue weighted by molar-refractivity contribution is 5.96. The van der Waals surface area contributed by atoms with Gasteiger partial charge in [-0.25, -0.2) is 0 Å². The van der Waals surface area contributed by atoms with E-state index in [9.17, 15) is 15.0 Å². The second kappa shape index (κ2) is 6.17. The van der Waals surface area contributed by atoms with Gasteiger partial charge >= 0.3 is 0 Å². The summed E-state index contributed by atoms with van der Waals surface area (Å²) in [4.78, 5) is 13.8. The molecule has 0 aliphatic heterocycles. The van der Waals surface area contributed by atoms with Crippen LogP contribution in [0.4, 0.5) is 0 Å². The summed E-state index contributed by atoms with van der Waals surface area (Å²) in [6.45, 7) is 0.406. The number of aromatic hydroxyl groups is 2. The molecule has 0 heterocycles. The maximum absolute atomic E-state index is 12.3. The normalized spacial score (nSPS) is 10.2. The molecule has 2 aromatic rings. The summed E-state index contributed by atoms with van der Waals surface area (Å²) in [6, 6.07) is 11.3. The number of hydrogen-bond donors (Lipinski definition) is 2. The topological polar surface area (TPSA) is 70.0 Å². The molecule has 0 spiro atoms. The Morgan fingerprint density at radius 3 is 2.38 bits per heavy atom. The van der Waals surface area contributed by atoms with E-state index in [2.05, 4.69) is 0 Å². The number of nitrogens with zero attached hydrogens (tertiary/aromatic N) is 1. The van der Waals surface area contributed by atoms with E-state index in [1.54, 1.807) is 14.2 Å². The molecule has 1 amide bonds. The maximum atomic E-state index is 12.3. The zero-order valence-electron chi connectivity index (χ0n) is 11.9. The molecule has 2 N–H and O–H groups in total. The fourth-order valence-corrected chi connectivity index (χ4v) is 1.98. The van der Waals surface area contributed by atoms with E-state index in [1.165, 1.54) is 17.0 Å². The Morgan fingerprint density at radius 1 is 1.14 bits per heavy atom. The van der Waals surface area contributed by atoms with Crippen LogP contribution in [-0.4, -0.2) is 35.2 Å². The summed E-state index contributed by atoms with van der Waals surface area (Å²) in [7, 11) is 3.25. The molecule has 0 aromatic heterocycles. The molecule has 21 heavy (non-hydrogen) atoms. The lowest BCUT2D eigenvalue weighted by Gasteiger charge is -2.18. The van der Waals surface area contributed by atoms with Gasteiger partial charge in [0.25, 0.3) is 5.91 Å². The van der Waals surface area contributed by atoms with Crippen LogP contribution in [0.1, 0.15) is 15.9 Å². The number of carbonyl (C=O) groups excluding carboxylic acids is 1. The van der Waals surface area contributed by atoms with Crippen molar-refractivity contribution in [3.8, 4) is 17.2 Å². The van der Waals surface area contributed by atoms with Crippen LogP contribution in [0.3, 0.4) is 0 Å². The van der Waals surface area contributed by atoms with Crippen molar-refractivity contribution < 1.29 is 19.7 Å². The van der Waals surface area contributed by atoms with Crippen LogP contribution in [0.2, 0.25) is 0 Å². The quantitative estimate of drug-likeness (QED) is 0.905. The molecule has 110 valence electrons. The Kier molecular flexibility index (Phi) is 4.33. The second-order valence-corrected chi connectivity index (χ2v) is 4.71. The number of amides is 1. The minimum absolute atomic E-state index is 0.0816. The fraction of sp³-hybridized carbons (Fsp3) is 0.188. The number of phenols is 2. The molecule has 0 aliphatic carbocycles. The van der Waals surface area contributed by atoms with Gasteiger partial charge in [-0.05, 0) is 29.8 Å². The number of benzene rings is 2. The van der Waals surface area contributed by atoms with Crippen LogP contribution in [0, 0.1) is 0 Å². The molecule has 0 atom stereocenters. The van der Waals surface area contributed by atoms with Gasteiger partial charge in [0.15, 0.2) is 0 Å². The smallest absolute Gasteiger partial charge is 0.257 e. The lowest BCUT2D eigenvalue weighted by Crippen LogP contribution is -2.26. The lowest BCUT2D eigenvalue weighted by molar-refractivity contribution is 0.0782. The standard InChI is InChI=1S/C16H17NO4/c1-17(10-11-3-6-13(21-2)7-4-11)16(20)14-8-5-12(18)9-15(14)19/h3-9,18-19H,10H2,1-2H3. The van der Waals surface area contributed by atoms with Crippen LogP contribution in [0.25, 0.3) is 0 Å². The number of methoxy groups -OCH3 is 1. The van der Waals surface area contributed by atoms with E-state index < -0.39 is 0 Å². The van der Waals surface area contributed by atoms with Crippen molar-refractivity contribution in [3.05, 3.63) is 53.6 Å². The molecule has 0 saturated heterocycles. The van der Waals surface area contributed by atoms with Crippen LogP contribution in [-0.2, 0) is 6.54 Å². The van der Waals surface area contributed by atoms with Gasteiger partial charge < -0.3 is 19.8 Å². The highest BCUT2D eigenvalue weighted by Gasteiger charge is 2.16. The zero-order valence-corrected chi connectivity index (χ0v) is 11.9. The monoisotopic (exact) mass is 287 g/mol. The SMILES string of the molecule is COc1ccc(CN(C)C(=O)c2ccc(O)cc2O)cc1. The third-order valence-corrected chi connectivity index (χ3v) is 3.14. The highest BCUT2D eigenvalue weighted by Crippen LogP contribution is 2.24. The van der Waals surface area contributed by atoms with Gasteiger partial charge in [-0.3, -0.25) is 4.79 Å². The largest absolute Gasteiger partial charge is 0.508 e. The third-order valence-electron chi connectivity index (χ3n) is 3.14. The van der Waals surface area contributed by atoms with Crippen molar-refractivity contribution in [2.75, 3.05) is 14.2 Å². The first-order chi connectivity index (χ1) is 10.0. The Bertz CT molecular complexity index is 637. The molecule has 0 unspecified atom stereocenters. The zero-order chi connectivity index (χ0) is 15.4. The fourth-order valence-electron chi connectivity index (χ4n) is 1.98. The summed E-state index contributed by atoms with van der Waals surface area (Å²) in [5, 5.41) is 19.0. The molecular weight excluding hydrogens is 270 g/mol. The third kappa shape index (κ3) is 3.45. The van der Waals surface area contributed by atoms with Crippen LogP contribution < -0.4 is 4.74 Å². The van der Waals surface area contributed by atoms with Crippen molar-refractivity contribution in [1.29, 1.82) is 0 Å². The highest BCUT2D eigenvalue weighted by atomic mass is 16.5. The van der Waals surface area contributed by atoms with Crippen molar-refractivity contribution in [1.82, 2.24) is 4.90 Å². The predicted molar refractivity (Wildman–Crippen MR) is 78.6 cm³/mol. The molecule has 0 aliphatic rings. The van der Waals surface area contributed by atoms with Gasteiger partial charge in [0.2, 0.25) is 0 Å². The number of ether oxygens (including phenoxy) is 1. The summed E-state index contributed by atoms with van der Waals surface area (Å²) < 4.78 is 5.08. The Morgan fingerprint density at radius 2 is 1.81 bits per heavy atom. The second-order valence-electron chi connectivity index (χ2n) is 4.71. The summed E-state index contributed by atoms with van der Waals surface area (Å²) in [5.41, 5.74) is 1.11. The first-order valence-corrected chi connectivity index (χ1v) is 6.41. The van der Waals surface area contributed by atoms with Gasteiger partial charge in [0, 0.05) is 19.7 Å². The number of phenolic OH excluding ortho intramolecular Hbond substituents is 2. The average molecular weight is 287 g/mol. The average Bonchev–Trinajstić information content (AvgIpc) is 2.47. The Labute approximate surface area is 123 Å². The molecule has 5 nitrogen and oxygen atoms in total. The Hall–Kier alpha value is -2.69. The molecule has 0 saturated carbocycles. The molecule has 5 heteroatoms. The summed E-state index contributed by atoms with van der Waals surface area (Å²) >= 11 is 0. The first kappa shape index (κ1) is 14.7. The van der Waals surface area contributed by atoms with E-state index in [0.717, 1.165) is 17.4 Å². The van der Waals surface area contributed by atoms with Crippen LogP contribution in [0.5, 0.6) is 17.2 Å². The number of carbonyl (C=O) groups is 1. The van der Waals surface area contributed by atoms with Gasteiger partial charge in [-0.15, -0.1) is 0 Å². The molecule has 2 aromatic carbocycles. The van der Waals surface area contributed by atoms with Gasteiger partial charge in [-0.2, -0.15) is 0 Å². The molecule has 0 fully saturated rings. The molecular formula is C16H17NO4. The van der Waals surface area contributed by atoms with Crippen molar-refractivity contribution >= 4 is 5.91 Å². The first-order valence-electron chi connectivity index (χ1n) is 6.41. The van der Waals surface area contributed by atoms with E-state index in [1.807, 2.05) is 24.3 Å². The Balaban J connectivity index is 2.11. The summed E-state index contributed by atoms with van der Waals surface area (Å²) in [5.74, 6) is 0.121. The van der Waals surface area contributed by atoms with Gasteiger partial charge in [-0.1, -0.05) is 12.1 Å². The van der Waals surface area contributed by atoms with Crippen LogP contribution >= 0.6 is 0 Å². The van der Waals surface area contributed by atoms with E-state index in [4.69, 9.17) is 4.74 Å². The van der Waals surface area contributed by atoms with Crippen LogP contribution in [0.15, 0.2) is 42.5 Å². The van der Waals surface area contributed by atoms with Crippen molar-refractivity contribution in [3.63, 3.8) is 0 Å². The molecule has 2 rings (SSSR count). The lowest BCUT2D eigenvalue weighted by atomic mass is 10.1. The molecule has 0 bridgehead atoms.